The fourth-order valence-electron chi connectivity index (χ4n) is 4.76. The summed E-state index contributed by atoms with van der Waals surface area (Å²) in [5, 5.41) is 12.8. The molecule has 2 aromatic rings. The lowest BCUT2D eigenvalue weighted by Gasteiger charge is -2.35. The van der Waals surface area contributed by atoms with Crippen molar-refractivity contribution in [1.29, 1.82) is 0 Å². The first kappa shape index (κ1) is 30.9. The van der Waals surface area contributed by atoms with Crippen LogP contribution in [0.25, 0.3) is 5.69 Å². The van der Waals surface area contributed by atoms with Gasteiger partial charge in [0.2, 0.25) is 5.95 Å². The number of hydrogen-bond donors (Lipinski definition) is 2. The third kappa shape index (κ3) is 6.74. The fraction of sp³-hybridized carbons (Fsp3) is 0.615. The van der Waals surface area contributed by atoms with Gasteiger partial charge in [-0.25, -0.2) is 13.4 Å². The van der Waals surface area contributed by atoms with Crippen molar-refractivity contribution in [3.63, 3.8) is 0 Å². The molecule has 1 aliphatic carbocycles. The molecule has 0 saturated heterocycles. The van der Waals surface area contributed by atoms with Crippen LogP contribution in [0.5, 0.6) is 5.75 Å². The minimum Gasteiger partial charge on any atom is -0.495 e. The number of nitrogens with zero attached hydrogens (tertiary/aromatic N) is 2. The number of ether oxygens (including phenoxy) is 1. The quantitative estimate of drug-likeness (QED) is 0.433. The molecule has 1 aromatic carbocycles. The van der Waals surface area contributed by atoms with Crippen LogP contribution in [0.3, 0.4) is 0 Å². The van der Waals surface area contributed by atoms with E-state index in [4.69, 9.17) is 4.74 Å². The largest absolute Gasteiger partial charge is 0.495 e. The van der Waals surface area contributed by atoms with Crippen molar-refractivity contribution in [3.8, 4) is 11.4 Å². The number of benzene rings is 1. The first-order valence-corrected chi connectivity index (χ1v) is 14.6. The monoisotopic (exact) mass is 577 g/mol. The number of halogens is 4. The van der Waals surface area contributed by atoms with E-state index in [0.717, 1.165) is 24.7 Å². The van der Waals surface area contributed by atoms with Crippen molar-refractivity contribution in [1.82, 2.24) is 14.9 Å². The smallest absolute Gasteiger partial charge is 0.394 e. The molecule has 0 spiro atoms. The van der Waals surface area contributed by atoms with Gasteiger partial charge in [0.1, 0.15) is 21.4 Å². The van der Waals surface area contributed by atoms with Crippen LogP contribution in [0, 0.1) is 11.4 Å². The van der Waals surface area contributed by atoms with Gasteiger partial charge in [-0.1, -0.05) is 26.8 Å². The average molecular weight is 578 g/mol. The van der Waals surface area contributed by atoms with Gasteiger partial charge in [-0.2, -0.15) is 17.6 Å². The maximum Gasteiger partial charge on any atom is 0.394 e. The van der Waals surface area contributed by atoms with E-state index in [2.05, 4.69) is 10.3 Å². The van der Waals surface area contributed by atoms with E-state index in [1.54, 1.807) is 6.92 Å². The van der Waals surface area contributed by atoms with Gasteiger partial charge in [-0.3, -0.25) is 9.36 Å². The Balaban J connectivity index is 1.83. The summed E-state index contributed by atoms with van der Waals surface area (Å²) in [6, 6.07) is 4.28. The summed E-state index contributed by atoms with van der Waals surface area (Å²) in [6.07, 6.45) is -2.52. The Kier molecular flexibility index (Phi) is 8.76. The molecule has 1 aliphatic rings. The summed E-state index contributed by atoms with van der Waals surface area (Å²) in [6.45, 7) is 3.69. The molecule has 0 unspecified atom stereocenters. The zero-order valence-corrected chi connectivity index (χ0v) is 23.5. The van der Waals surface area contributed by atoms with Crippen molar-refractivity contribution in [2.45, 2.75) is 76.3 Å². The number of nitrogens with one attached hydrogen (secondary N) is 1. The molecule has 13 heteroatoms. The zero-order valence-electron chi connectivity index (χ0n) is 22.7. The van der Waals surface area contributed by atoms with Gasteiger partial charge in [0.15, 0.2) is 5.69 Å². The standard InChI is InChI=1S/C26H35F4N3O5S/c1-6-20-32-21(23(34)31-15-25(35)11-9-17(10-12-25)39(5,36)37)22(27)33(20)18-8-7-16(13-19(18)38-4)14-24(2,3)26(28,29)30/h7-8,13,17,35H,6,9-12,14-15H2,1-5H3,(H,31,34). The molecule has 0 atom stereocenters. The third-order valence-corrected chi connectivity index (χ3v) is 9.05. The predicted molar refractivity (Wildman–Crippen MR) is 137 cm³/mol. The lowest BCUT2D eigenvalue weighted by Crippen LogP contribution is -2.47. The number of alkyl halides is 3. The third-order valence-electron chi connectivity index (χ3n) is 7.37. The van der Waals surface area contributed by atoms with Crippen LogP contribution in [0.2, 0.25) is 0 Å². The summed E-state index contributed by atoms with van der Waals surface area (Å²) >= 11 is 0. The number of aromatic nitrogens is 2. The molecular formula is C26H35F4N3O5S. The van der Waals surface area contributed by atoms with Crippen LogP contribution in [0.15, 0.2) is 18.2 Å². The summed E-state index contributed by atoms with van der Waals surface area (Å²) in [4.78, 5) is 17.0. The second-order valence-corrected chi connectivity index (χ2v) is 13.2. The highest BCUT2D eigenvalue weighted by atomic mass is 32.2. The Hall–Kier alpha value is -2.67. The number of imidazole rings is 1. The van der Waals surface area contributed by atoms with Gasteiger partial charge in [0, 0.05) is 19.2 Å². The molecule has 218 valence electrons. The number of carbonyl (C=O) groups excluding carboxylic acids is 1. The number of hydrogen-bond acceptors (Lipinski definition) is 6. The van der Waals surface area contributed by atoms with Gasteiger partial charge in [-0.05, 0) is 49.8 Å². The molecule has 1 amide bonds. The van der Waals surface area contributed by atoms with Crippen molar-refractivity contribution < 1.29 is 40.6 Å². The maximum absolute atomic E-state index is 15.6. The van der Waals surface area contributed by atoms with E-state index < -0.39 is 49.8 Å². The molecular weight excluding hydrogens is 542 g/mol. The van der Waals surface area contributed by atoms with Crippen LogP contribution >= 0.6 is 0 Å². The van der Waals surface area contributed by atoms with E-state index in [-0.39, 0.29) is 62.3 Å². The van der Waals surface area contributed by atoms with Crippen LogP contribution in [-0.2, 0) is 22.7 Å². The molecule has 0 aliphatic heterocycles. The van der Waals surface area contributed by atoms with Gasteiger partial charge < -0.3 is 15.2 Å². The number of amides is 1. The number of aryl methyl sites for hydroxylation is 1. The number of carbonyl (C=O) groups is 1. The second kappa shape index (κ2) is 11.1. The molecule has 1 fully saturated rings. The van der Waals surface area contributed by atoms with E-state index >= 15 is 4.39 Å². The molecule has 1 heterocycles. The minimum atomic E-state index is -4.42. The molecule has 8 nitrogen and oxygen atoms in total. The summed E-state index contributed by atoms with van der Waals surface area (Å²) in [5.41, 5.74) is -3.32. The van der Waals surface area contributed by atoms with E-state index in [0.29, 0.717) is 5.56 Å². The maximum atomic E-state index is 15.6. The van der Waals surface area contributed by atoms with Gasteiger partial charge in [0.25, 0.3) is 5.91 Å². The van der Waals surface area contributed by atoms with Crippen molar-refractivity contribution in [2.75, 3.05) is 19.9 Å². The highest BCUT2D eigenvalue weighted by Crippen LogP contribution is 2.41. The number of methoxy groups -OCH3 is 1. The van der Waals surface area contributed by atoms with Crippen molar-refractivity contribution in [2.24, 2.45) is 5.41 Å². The van der Waals surface area contributed by atoms with Crippen molar-refractivity contribution >= 4 is 15.7 Å². The van der Waals surface area contributed by atoms with Crippen LogP contribution in [-0.4, -0.2) is 65.9 Å². The summed E-state index contributed by atoms with van der Waals surface area (Å²) in [7, 11) is -1.92. The number of rotatable bonds is 9. The van der Waals surface area contributed by atoms with Crippen LogP contribution < -0.4 is 10.1 Å². The topological polar surface area (TPSA) is 111 Å². The van der Waals surface area contributed by atoms with Crippen LogP contribution in [0.4, 0.5) is 17.6 Å². The lowest BCUT2D eigenvalue weighted by atomic mass is 9.84. The molecule has 3 rings (SSSR count). The van der Waals surface area contributed by atoms with Gasteiger partial charge >= 0.3 is 6.18 Å². The van der Waals surface area contributed by atoms with E-state index in [1.807, 2.05) is 0 Å². The van der Waals surface area contributed by atoms with E-state index in [9.17, 15) is 31.5 Å². The van der Waals surface area contributed by atoms with Crippen LogP contribution in [0.1, 0.15) is 68.3 Å². The zero-order chi connectivity index (χ0) is 29.4. The van der Waals surface area contributed by atoms with Gasteiger partial charge in [-0.15, -0.1) is 0 Å². The molecule has 2 N–H and O–H groups in total. The second-order valence-electron chi connectivity index (χ2n) is 10.9. The summed E-state index contributed by atoms with van der Waals surface area (Å²) in [5.74, 6) is -1.55. The Bertz CT molecular complexity index is 1310. The Morgan fingerprint density at radius 2 is 1.87 bits per heavy atom. The number of sulfone groups is 1. The SMILES string of the molecule is CCc1nc(C(=O)NCC2(O)CCC(S(C)(=O)=O)CC2)c(F)n1-c1ccc(CC(C)(C)C(F)(F)F)cc1OC. The van der Waals surface area contributed by atoms with Gasteiger partial charge in [0.05, 0.1) is 29.1 Å². The fourth-order valence-corrected chi connectivity index (χ4v) is 5.85. The highest BCUT2D eigenvalue weighted by Gasteiger charge is 2.47. The summed E-state index contributed by atoms with van der Waals surface area (Å²) < 4.78 is 85.7. The molecule has 39 heavy (non-hydrogen) atoms. The molecule has 1 aromatic heterocycles. The highest BCUT2D eigenvalue weighted by molar-refractivity contribution is 7.91. The lowest BCUT2D eigenvalue weighted by molar-refractivity contribution is -0.211. The molecule has 0 radical (unpaired) electrons. The minimum absolute atomic E-state index is 0.111. The Morgan fingerprint density at radius 3 is 2.38 bits per heavy atom. The first-order chi connectivity index (χ1) is 17.9. The Labute approximate surface area is 225 Å². The first-order valence-electron chi connectivity index (χ1n) is 12.6. The van der Waals surface area contributed by atoms with Crippen molar-refractivity contribution in [3.05, 3.63) is 41.2 Å². The average Bonchev–Trinajstić information content (AvgIpc) is 3.17. The predicted octanol–water partition coefficient (Wildman–Crippen LogP) is 4.16. The molecule has 0 bridgehead atoms. The normalized spacial score (nSPS) is 20.6. The molecule has 1 saturated carbocycles. The van der Waals surface area contributed by atoms with E-state index in [1.165, 1.54) is 25.3 Å². The number of aliphatic hydroxyl groups is 1. The Morgan fingerprint density at radius 1 is 1.26 bits per heavy atom.